The molecule has 10 nitrogen and oxygen atoms in total. The zero-order chi connectivity index (χ0) is 21.0. The summed E-state index contributed by atoms with van der Waals surface area (Å²) in [5, 5.41) is 20.4. The number of nitrogens with one attached hydrogen (secondary N) is 3. The molecule has 0 bridgehead atoms. The van der Waals surface area contributed by atoms with Crippen LogP contribution >= 0.6 is 0 Å². The number of nitrogens with zero attached hydrogens (tertiary/aromatic N) is 7. The highest BCUT2D eigenvalue weighted by atomic mass is 15.9. The minimum absolute atomic E-state index is 0.268. The second kappa shape index (κ2) is 8.52. The van der Waals surface area contributed by atoms with Crippen LogP contribution in [0.2, 0.25) is 0 Å². The Morgan fingerprint density at radius 1 is 1.10 bits per heavy atom. The minimum atomic E-state index is 0.268. The summed E-state index contributed by atoms with van der Waals surface area (Å²) in [5.41, 5.74) is 11.2. The van der Waals surface area contributed by atoms with Crippen molar-refractivity contribution in [2.24, 2.45) is 5.10 Å². The molecule has 4 aromatic rings. The van der Waals surface area contributed by atoms with Crippen molar-refractivity contribution in [3.05, 3.63) is 48.8 Å². The normalized spacial score (nSPS) is 14.6. The molecule has 2 aromatic heterocycles. The van der Waals surface area contributed by atoms with Crippen LogP contribution in [0.25, 0.3) is 33.5 Å². The number of tetrazole rings is 1. The Labute approximate surface area is 179 Å². The number of rotatable bonds is 8. The molecule has 5 rings (SSSR count). The van der Waals surface area contributed by atoms with Crippen molar-refractivity contribution in [1.82, 2.24) is 46.3 Å². The Kier molecular flexibility index (Phi) is 5.28. The van der Waals surface area contributed by atoms with Gasteiger partial charge in [-0.05, 0) is 34.9 Å². The number of fused-ring (bicyclic) bond motifs is 1. The van der Waals surface area contributed by atoms with Gasteiger partial charge in [-0.15, -0.1) is 15.3 Å². The number of hydrazone groups is 1. The molecule has 2 aromatic carbocycles. The molecule has 0 aliphatic carbocycles. The second-order valence-electron chi connectivity index (χ2n) is 7.53. The maximum Gasteiger partial charge on any atom is 0.205 e. The third-order valence-corrected chi connectivity index (χ3v) is 5.53. The summed E-state index contributed by atoms with van der Waals surface area (Å²) in [4.78, 5) is 4.72. The average Bonchev–Trinajstić information content (AvgIpc) is 3.58. The Hall–Kier alpha value is -3.79. The fourth-order valence-corrected chi connectivity index (χ4v) is 3.98. The number of H-pyrrole nitrogens is 1. The minimum Gasteiger partial charge on any atom is -0.326 e. The first-order valence-corrected chi connectivity index (χ1v) is 10.4. The van der Waals surface area contributed by atoms with Crippen LogP contribution in [0.4, 0.5) is 0 Å². The molecule has 3 N–H and O–H groups in total. The van der Waals surface area contributed by atoms with Gasteiger partial charge in [0.25, 0.3) is 0 Å². The molecular formula is C21H24N10. The molecule has 1 unspecified atom stereocenters. The van der Waals surface area contributed by atoms with Crippen molar-refractivity contribution in [2.75, 3.05) is 6.54 Å². The van der Waals surface area contributed by atoms with Crippen LogP contribution in [0, 0.1) is 0 Å². The Balaban J connectivity index is 1.49. The molecule has 0 amide bonds. The molecular weight excluding hydrogens is 392 g/mol. The van der Waals surface area contributed by atoms with Crippen molar-refractivity contribution in [3.8, 4) is 22.5 Å². The quantitative estimate of drug-likeness (QED) is 0.405. The summed E-state index contributed by atoms with van der Waals surface area (Å²) in [6.07, 6.45) is 6.95. The van der Waals surface area contributed by atoms with E-state index in [-0.39, 0.29) is 6.04 Å². The summed E-state index contributed by atoms with van der Waals surface area (Å²) >= 11 is 0. The topological polar surface area (TPSA) is 112 Å². The highest BCUT2D eigenvalue weighted by molar-refractivity contribution is 5.87. The Morgan fingerprint density at radius 2 is 2.00 bits per heavy atom. The third-order valence-electron chi connectivity index (χ3n) is 5.53. The van der Waals surface area contributed by atoms with Gasteiger partial charge in [-0.3, -0.25) is 5.43 Å². The van der Waals surface area contributed by atoms with Crippen LogP contribution in [0.1, 0.15) is 32.2 Å². The van der Waals surface area contributed by atoms with Gasteiger partial charge in [0, 0.05) is 5.56 Å². The predicted octanol–water partition coefficient (Wildman–Crippen LogP) is 2.88. The van der Waals surface area contributed by atoms with Crippen LogP contribution in [0.5, 0.6) is 0 Å². The number of benzene rings is 2. The number of unbranched alkanes of at least 4 members (excludes halogenated alkanes) is 1. The van der Waals surface area contributed by atoms with Gasteiger partial charge in [-0.1, -0.05) is 50.1 Å². The summed E-state index contributed by atoms with van der Waals surface area (Å²) in [6.45, 7) is 2.99. The maximum absolute atomic E-state index is 4.72. The third kappa shape index (κ3) is 3.84. The number of hydrogen-bond acceptors (Lipinski definition) is 8. The van der Waals surface area contributed by atoms with Gasteiger partial charge in [0.15, 0.2) is 0 Å². The lowest BCUT2D eigenvalue weighted by molar-refractivity contribution is 0.147. The van der Waals surface area contributed by atoms with E-state index < -0.39 is 0 Å². The monoisotopic (exact) mass is 416 g/mol. The van der Waals surface area contributed by atoms with E-state index in [1.54, 1.807) is 6.34 Å². The highest BCUT2D eigenvalue weighted by Gasteiger charge is 2.19. The van der Waals surface area contributed by atoms with Gasteiger partial charge in [-0.25, -0.2) is 10.5 Å². The van der Waals surface area contributed by atoms with E-state index in [0.29, 0.717) is 5.82 Å². The van der Waals surface area contributed by atoms with Crippen molar-refractivity contribution in [3.63, 3.8) is 0 Å². The molecule has 158 valence electrons. The fourth-order valence-electron chi connectivity index (χ4n) is 3.98. The number of imidazole rings is 1. The summed E-state index contributed by atoms with van der Waals surface area (Å²) < 4.78 is 2.27. The lowest BCUT2D eigenvalue weighted by Gasteiger charge is -2.24. The molecule has 0 fully saturated rings. The zero-order valence-electron chi connectivity index (χ0n) is 17.2. The van der Waals surface area contributed by atoms with Gasteiger partial charge in [0.1, 0.15) is 6.34 Å². The second-order valence-corrected chi connectivity index (χ2v) is 7.53. The van der Waals surface area contributed by atoms with Crippen LogP contribution < -0.4 is 11.0 Å². The lowest BCUT2D eigenvalue weighted by atomic mass is 9.99. The molecule has 3 heterocycles. The number of aromatic amines is 1. The SMILES string of the molecule is CCCCC(CN1NC=NN1)n1cnc2cc(-c3ccccc3-c3nn[nH]n3)ccc21. The Morgan fingerprint density at radius 3 is 2.77 bits per heavy atom. The molecule has 0 radical (unpaired) electrons. The molecule has 31 heavy (non-hydrogen) atoms. The Bertz CT molecular complexity index is 1170. The summed E-state index contributed by atoms with van der Waals surface area (Å²) in [6, 6.07) is 14.7. The first-order valence-electron chi connectivity index (χ1n) is 10.4. The lowest BCUT2D eigenvalue weighted by Crippen LogP contribution is -2.42. The first-order chi connectivity index (χ1) is 15.3. The van der Waals surface area contributed by atoms with Crippen LogP contribution in [0.15, 0.2) is 53.9 Å². The number of aromatic nitrogens is 6. The molecule has 1 atom stereocenters. The molecule has 0 saturated heterocycles. The summed E-state index contributed by atoms with van der Waals surface area (Å²) in [7, 11) is 0. The summed E-state index contributed by atoms with van der Waals surface area (Å²) in [5.74, 6) is 0.577. The average molecular weight is 416 g/mol. The van der Waals surface area contributed by atoms with Crippen LogP contribution in [0.3, 0.4) is 0 Å². The number of hydrogen-bond donors (Lipinski definition) is 3. The highest BCUT2D eigenvalue weighted by Crippen LogP contribution is 2.32. The number of hydrazine groups is 2. The van der Waals surface area contributed by atoms with Gasteiger partial charge >= 0.3 is 0 Å². The maximum atomic E-state index is 4.72. The van der Waals surface area contributed by atoms with Gasteiger partial charge in [0.2, 0.25) is 5.82 Å². The molecule has 10 heteroatoms. The first kappa shape index (κ1) is 19.2. The van der Waals surface area contributed by atoms with Crippen molar-refractivity contribution < 1.29 is 0 Å². The van der Waals surface area contributed by atoms with E-state index >= 15 is 0 Å². The molecule has 0 saturated carbocycles. The zero-order valence-corrected chi connectivity index (χ0v) is 17.2. The fraction of sp³-hybridized carbons (Fsp3) is 0.286. The smallest absolute Gasteiger partial charge is 0.205 e. The van der Waals surface area contributed by atoms with Crippen LogP contribution in [-0.2, 0) is 0 Å². The largest absolute Gasteiger partial charge is 0.326 e. The van der Waals surface area contributed by atoms with Crippen molar-refractivity contribution in [2.45, 2.75) is 32.2 Å². The van der Waals surface area contributed by atoms with Gasteiger partial charge in [-0.2, -0.15) is 10.3 Å². The van der Waals surface area contributed by atoms with E-state index in [2.05, 4.69) is 72.4 Å². The van der Waals surface area contributed by atoms with E-state index in [4.69, 9.17) is 4.98 Å². The molecule has 1 aliphatic rings. The molecule has 0 spiro atoms. The molecule has 1 aliphatic heterocycles. The predicted molar refractivity (Wildman–Crippen MR) is 118 cm³/mol. The van der Waals surface area contributed by atoms with Crippen molar-refractivity contribution in [1.29, 1.82) is 0 Å². The van der Waals surface area contributed by atoms with Crippen molar-refractivity contribution >= 4 is 17.4 Å². The van der Waals surface area contributed by atoms with E-state index in [0.717, 1.165) is 53.5 Å². The van der Waals surface area contributed by atoms with Gasteiger partial charge in [0.05, 0.1) is 29.9 Å². The standard InChI is InChI=1S/C21H24N10/c1-2-3-6-16(12-31-24-13-23-29-31)30-14-22-19-11-15(9-10-20(19)30)17-7-4-5-8-18(17)21-25-27-28-26-21/h4-5,7-11,13-14,16,29H,2-3,6,12H2,1H3,(H,23,24)(H,25,26,27,28). The van der Waals surface area contributed by atoms with E-state index in [9.17, 15) is 0 Å². The van der Waals surface area contributed by atoms with Gasteiger partial charge < -0.3 is 4.57 Å². The van der Waals surface area contributed by atoms with Crippen LogP contribution in [-0.4, -0.2) is 48.2 Å². The van der Waals surface area contributed by atoms with E-state index in [1.807, 2.05) is 29.6 Å². The van der Waals surface area contributed by atoms with E-state index in [1.165, 1.54) is 0 Å².